The number of ether oxygens (including phenoxy) is 1. The fourth-order valence-electron chi connectivity index (χ4n) is 2.75. The van der Waals surface area contributed by atoms with E-state index in [1.807, 2.05) is 12.1 Å². The van der Waals surface area contributed by atoms with Crippen molar-refractivity contribution >= 4 is 24.0 Å². The first kappa shape index (κ1) is 22.2. The molecule has 0 amide bonds. The van der Waals surface area contributed by atoms with Crippen LogP contribution in [0.25, 0.3) is 0 Å². The normalized spacial score (nSPS) is 10.4. The zero-order valence-electron chi connectivity index (χ0n) is 15.1. The Morgan fingerprint density at radius 3 is 2.14 bits per heavy atom. The lowest BCUT2D eigenvalue weighted by molar-refractivity contribution is 0.296. The van der Waals surface area contributed by atoms with E-state index in [1.165, 1.54) is 12.1 Å². The van der Waals surface area contributed by atoms with Crippen LogP contribution in [0.5, 0.6) is 5.75 Å². The van der Waals surface area contributed by atoms with Gasteiger partial charge in [0.05, 0.1) is 0 Å². The lowest BCUT2D eigenvalue weighted by Crippen LogP contribution is -2.17. The lowest BCUT2D eigenvalue weighted by Gasteiger charge is -2.13. The highest BCUT2D eigenvalue weighted by atomic mass is 35.5. The van der Waals surface area contributed by atoms with E-state index in [0.717, 1.165) is 5.56 Å². The molecule has 3 rings (SSSR count). The van der Waals surface area contributed by atoms with Crippen LogP contribution in [0.3, 0.4) is 0 Å². The molecule has 28 heavy (non-hydrogen) atoms. The summed E-state index contributed by atoms with van der Waals surface area (Å²) in [7, 11) is 0. The molecule has 0 spiro atoms. The number of rotatable bonds is 8. The summed E-state index contributed by atoms with van der Waals surface area (Å²) in [6.45, 7) is 1.26. The zero-order chi connectivity index (χ0) is 19.1. The van der Waals surface area contributed by atoms with Crippen LogP contribution in [0.2, 0.25) is 5.02 Å². The number of nitrogens with one attached hydrogen (secondary N) is 1. The monoisotopic (exact) mass is 423 g/mol. The van der Waals surface area contributed by atoms with Gasteiger partial charge in [0.1, 0.15) is 24.0 Å². The Morgan fingerprint density at radius 2 is 1.46 bits per heavy atom. The minimum absolute atomic E-state index is 0. The van der Waals surface area contributed by atoms with E-state index < -0.39 is 0 Å². The van der Waals surface area contributed by atoms with Gasteiger partial charge in [-0.25, -0.2) is 8.78 Å². The Labute approximate surface area is 174 Å². The third-order valence-electron chi connectivity index (χ3n) is 4.21. The van der Waals surface area contributed by atoms with Crippen LogP contribution < -0.4 is 10.1 Å². The van der Waals surface area contributed by atoms with Crippen LogP contribution in [-0.2, 0) is 19.6 Å². The Balaban J connectivity index is 0.00000280. The van der Waals surface area contributed by atoms with Crippen molar-refractivity contribution in [2.45, 2.75) is 19.6 Å². The summed E-state index contributed by atoms with van der Waals surface area (Å²) in [5, 5.41) is 3.87. The van der Waals surface area contributed by atoms with E-state index in [2.05, 4.69) is 5.32 Å². The van der Waals surface area contributed by atoms with Crippen molar-refractivity contribution in [3.05, 3.63) is 100 Å². The van der Waals surface area contributed by atoms with Gasteiger partial charge in [0, 0.05) is 22.7 Å². The molecular formula is C22H21Cl2F2NO. The van der Waals surface area contributed by atoms with E-state index in [1.54, 1.807) is 42.5 Å². The molecule has 2 nitrogen and oxygen atoms in total. The van der Waals surface area contributed by atoms with E-state index in [0.29, 0.717) is 41.4 Å². The van der Waals surface area contributed by atoms with Gasteiger partial charge in [-0.05, 0) is 48.9 Å². The summed E-state index contributed by atoms with van der Waals surface area (Å²) in [4.78, 5) is 0. The van der Waals surface area contributed by atoms with Crippen molar-refractivity contribution in [3.63, 3.8) is 0 Å². The molecule has 0 aliphatic rings. The first-order valence-corrected chi connectivity index (χ1v) is 9.10. The summed E-state index contributed by atoms with van der Waals surface area (Å²) in [6.07, 6.45) is 0.582. The van der Waals surface area contributed by atoms with Crippen LogP contribution in [0.1, 0.15) is 16.7 Å². The quantitative estimate of drug-likeness (QED) is 0.451. The smallest absolute Gasteiger partial charge is 0.129 e. The third kappa shape index (κ3) is 6.20. The average Bonchev–Trinajstić information content (AvgIpc) is 2.67. The fourth-order valence-corrected chi connectivity index (χ4v) is 2.94. The lowest BCUT2D eigenvalue weighted by atomic mass is 10.1. The van der Waals surface area contributed by atoms with Crippen LogP contribution in [0.15, 0.2) is 66.7 Å². The van der Waals surface area contributed by atoms with E-state index in [9.17, 15) is 8.78 Å². The third-order valence-corrected chi connectivity index (χ3v) is 4.44. The standard InChI is InChI=1S/C22H20ClF2NO.ClH/c23-19-9-10-22(27-15-17-6-2-4-8-21(17)25)18(13-19)14-26-12-11-16-5-1-3-7-20(16)24;/h1-10,13,26H,11-12,14-15H2;1H. The molecule has 148 valence electrons. The van der Waals surface area contributed by atoms with E-state index >= 15 is 0 Å². The Hall–Kier alpha value is -2.14. The Morgan fingerprint density at radius 1 is 0.821 bits per heavy atom. The molecule has 1 N–H and O–H groups in total. The molecule has 3 aromatic carbocycles. The predicted octanol–water partition coefficient (Wildman–Crippen LogP) is 5.95. The molecule has 0 atom stereocenters. The second-order valence-corrected chi connectivity index (χ2v) is 6.59. The van der Waals surface area contributed by atoms with Crippen LogP contribution in [0, 0.1) is 11.6 Å². The fraction of sp³-hybridized carbons (Fsp3) is 0.182. The molecule has 6 heteroatoms. The van der Waals surface area contributed by atoms with Crippen LogP contribution in [0.4, 0.5) is 8.78 Å². The first-order valence-electron chi connectivity index (χ1n) is 8.72. The minimum Gasteiger partial charge on any atom is -0.488 e. The van der Waals surface area contributed by atoms with Gasteiger partial charge in [-0.1, -0.05) is 48.0 Å². The molecule has 0 radical (unpaired) electrons. The van der Waals surface area contributed by atoms with Gasteiger partial charge >= 0.3 is 0 Å². The zero-order valence-corrected chi connectivity index (χ0v) is 16.7. The summed E-state index contributed by atoms with van der Waals surface area (Å²) in [6, 6.07) is 18.6. The number of hydrogen-bond donors (Lipinski definition) is 1. The molecule has 0 aliphatic heterocycles. The van der Waals surface area contributed by atoms with Crippen molar-refractivity contribution in [1.82, 2.24) is 5.32 Å². The van der Waals surface area contributed by atoms with Crippen LogP contribution >= 0.6 is 24.0 Å². The molecule has 0 saturated carbocycles. The minimum atomic E-state index is -0.295. The first-order chi connectivity index (χ1) is 13.1. The highest BCUT2D eigenvalue weighted by molar-refractivity contribution is 6.30. The molecule has 0 unspecified atom stereocenters. The van der Waals surface area contributed by atoms with Gasteiger partial charge in [-0.3, -0.25) is 0 Å². The Kier molecular flexibility index (Phi) is 8.71. The Bertz CT molecular complexity index is 905. The van der Waals surface area contributed by atoms with Crippen LogP contribution in [-0.4, -0.2) is 6.54 Å². The van der Waals surface area contributed by atoms with Gasteiger partial charge in [0.2, 0.25) is 0 Å². The summed E-state index contributed by atoms with van der Waals surface area (Å²) < 4.78 is 33.2. The second-order valence-electron chi connectivity index (χ2n) is 6.15. The molecule has 0 aliphatic carbocycles. The van der Waals surface area contributed by atoms with Crippen molar-refractivity contribution in [2.24, 2.45) is 0 Å². The largest absolute Gasteiger partial charge is 0.488 e. The topological polar surface area (TPSA) is 21.3 Å². The maximum Gasteiger partial charge on any atom is 0.129 e. The number of benzene rings is 3. The molecule has 0 aromatic heterocycles. The average molecular weight is 424 g/mol. The highest BCUT2D eigenvalue weighted by Crippen LogP contribution is 2.24. The molecule has 3 aromatic rings. The van der Waals surface area contributed by atoms with Gasteiger partial charge in [-0.2, -0.15) is 0 Å². The number of halogens is 4. The van der Waals surface area contributed by atoms with E-state index in [-0.39, 0.29) is 30.6 Å². The SMILES string of the molecule is Cl.Fc1ccccc1CCNCc1cc(Cl)ccc1OCc1ccccc1F. The summed E-state index contributed by atoms with van der Waals surface area (Å²) in [5.41, 5.74) is 2.03. The van der Waals surface area contributed by atoms with Crippen molar-refractivity contribution in [1.29, 1.82) is 0 Å². The second kappa shape index (κ2) is 11.0. The molecule has 0 bridgehead atoms. The predicted molar refractivity (Wildman–Crippen MR) is 111 cm³/mol. The summed E-state index contributed by atoms with van der Waals surface area (Å²) >= 11 is 6.10. The van der Waals surface area contributed by atoms with Gasteiger partial charge in [0.25, 0.3) is 0 Å². The highest BCUT2D eigenvalue weighted by Gasteiger charge is 2.08. The van der Waals surface area contributed by atoms with E-state index in [4.69, 9.17) is 16.3 Å². The van der Waals surface area contributed by atoms with Gasteiger partial charge < -0.3 is 10.1 Å². The van der Waals surface area contributed by atoms with Crippen molar-refractivity contribution < 1.29 is 13.5 Å². The summed E-state index contributed by atoms with van der Waals surface area (Å²) in [5.74, 6) is 0.146. The molecule has 0 saturated heterocycles. The van der Waals surface area contributed by atoms with Gasteiger partial charge in [-0.15, -0.1) is 12.4 Å². The maximum absolute atomic E-state index is 13.8. The maximum atomic E-state index is 13.8. The van der Waals surface area contributed by atoms with Gasteiger partial charge in [0.15, 0.2) is 0 Å². The number of hydrogen-bond acceptors (Lipinski definition) is 2. The molecule has 0 fully saturated rings. The van der Waals surface area contributed by atoms with Crippen molar-refractivity contribution in [3.8, 4) is 5.75 Å². The van der Waals surface area contributed by atoms with Crippen molar-refractivity contribution in [2.75, 3.05) is 6.54 Å². The molecular weight excluding hydrogens is 403 g/mol. The molecule has 0 heterocycles.